The third kappa shape index (κ3) is 4.84. The largest absolute Gasteiger partial charge is 0.351 e. The standard InChI is InChI=1S/C13H17Cl2N3O3/c1-3-17(4-2)6-5-16-13(19)10-7-9(14)8-11(15)12(10)18(20)21/h7-8H,3-6H2,1-2H3,(H,16,19). The number of hydrogen-bond acceptors (Lipinski definition) is 4. The van der Waals surface area contributed by atoms with E-state index in [0.717, 1.165) is 13.1 Å². The number of rotatable bonds is 7. The Morgan fingerprint density at radius 3 is 2.48 bits per heavy atom. The SMILES string of the molecule is CCN(CC)CCNC(=O)c1cc(Cl)cc(Cl)c1[N+](=O)[O-]. The zero-order valence-corrected chi connectivity index (χ0v) is 13.4. The van der Waals surface area contributed by atoms with Gasteiger partial charge < -0.3 is 10.2 Å². The van der Waals surface area contributed by atoms with E-state index in [2.05, 4.69) is 10.2 Å². The van der Waals surface area contributed by atoms with Crippen LogP contribution in [0.15, 0.2) is 12.1 Å². The molecule has 0 saturated heterocycles. The fourth-order valence-electron chi connectivity index (χ4n) is 1.89. The van der Waals surface area contributed by atoms with Crippen molar-refractivity contribution in [3.05, 3.63) is 37.9 Å². The highest BCUT2D eigenvalue weighted by molar-refractivity contribution is 6.37. The fraction of sp³-hybridized carbons (Fsp3) is 0.462. The van der Waals surface area contributed by atoms with Crippen LogP contribution in [0.2, 0.25) is 10.0 Å². The maximum atomic E-state index is 12.1. The number of nitrogens with zero attached hydrogens (tertiary/aromatic N) is 2. The number of carbonyl (C=O) groups is 1. The normalized spacial score (nSPS) is 10.7. The summed E-state index contributed by atoms with van der Waals surface area (Å²) in [5, 5.41) is 13.7. The molecule has 0 aliphatic heterocycles. The van der Waals surface area contributed by atoms with Crippen molar-refractivity contribution in [2.45, 2.75) is 13.8 Å². The van der Waals surface area contributed by atoms with E-state index >= 15 is 0 Å². The zero-order valence-electron chi connectivity index (χ0n) is 11.9. The van der Waals surface area contributed by atoms with Gasteiger partial charge in [-0.1, -0.05) is 37.0 Å². The van der Waals surface area contributed by atoms with Gasteiger partial charge in [-0.2, -0.15) is 0 Å². The highest BCUT2D eigenvalue weighted by Crippen LogP contribution is 2.31. The Morgan fingerprint density at radius 1 is 1.33 bits per heavy atom. The van der Waals surface area contributed by atoms with Crippen LogP contribution in [0.5, 0.6) is 0 Å². The van der Waals surface area contributed by atoms with Crippen molar-refractivity contribution in [1.82, 2.24) is 10.2 Å². The van der Waals surface area contributed by atoms with Crippen LogP contribution in [0.1, 0.15) is 24.2 Å². The van der Waals surface area contributed by atoms with Crippen molar-refractivity contribution in [2.75, 3.05) is 26.2 Å². The summed E-state index contributed by atoms with van der Waals surface area (Å²) in [6, 6.07) is 2.49. The number of carbonyl (C=O) groups excluding carboxylic acids is 1. The lowest BCUT2D eigenvalue weighted by molar-refractivity contribution is -0.385. The summed E-state index contributed by atoms with van der Waals surface area (Å²) in [6.07, 6.45) is 0. The summed E-state index contributed by atoms with van der Waals surface area (Å²) >= 11 is 11.6. The summed E-state index contributed by atoms with van der Waals surface area (Å²) in [7, 11) is 0. The molecule has 8 heteroatoms. The zero-order chi connectivity index (χ0) is 16.0. The van der Waals surface area contributed by atoms with E-state index in [1.54, 1.807) is 0 Å². The molecule has 1 aromatic carbocycles. The minimum atomic E-state index is -0.683. The number of benzene rings is 1. The van der Waals surface area contributed by atoms with Crippen LogP contribution in [-0.4, -0.2) is 41.9 Å². The maximum absolute atomic E-state index is 12.1. The molecule has 0 aromatic heterocycles. The lowest BCUT2D eigenvalue weighted by atomic mass is 10.1. The first-order valence-corrected chi connectivity index (χ1v) is 7.30. The van der Waals surface area contributed by atoms with Crippen molar-refractivity contribution in [1.29, 1.82) is 0 Å². The Balaban J connectivity index is 2.85. The van der Waals surface area contributed by atoms with Gasteiger partial charge in [-0.15, -0.1) is 0 Å². The first kappa shape index (κ1) is 17.7. The number of nitro benzene ring substituents is 1. The first-order valence-electron chi connectivity index (χ1n) is 6.54. The van der Waals surface area contributed by atoms with Gasteiger partial charge in [0.25, 0.3) is 5.91 Å². The molecule has 116 valence electrons. The molecular formula is C13H17Cl2N3O3. The molecule has 0 heterocycles. The highest BCUT2D eigenvalue weighted by Gasteiger charge is 2.24. The van der Waals surface area contributed by atoms with Crippen LogP contribution < -0.4 is 5.32 Å². The molecule has 1 amide bonds. The second-order valence-electron chi connectivity index (χ2n) is 4.32. The number of amides is 1. The average molecular weight is 334 g/mol. The van der Waals surface area contributed by atoms with E-state index in [1.807, 2.05) is 13.8 Å². The van der Waals surface area contributed by atoms with Crippen LogP contribution >= 0.6 is 23.2 Å². The lowest BCUT2D eigenvalue weighted by Gasteiger charge is -2.18. The summed E-state index contributed by atoms with van der Waals surface area (Å²) < 4.78 is 0. The summed E-state index contributed by atoms with van der Waals surface area (Å²) in [5.74, 6) is -0.557. The monoisotopic (exact) mass is 333 g/mol. The van der Waals surface area contributed by atoms with Gasteiger partial charge in [0, 0.05) is 18.1 Å². The minimum Gasteiger partial charge on any atom is -0.351 e. The molecule has 1 rings (SSSR count). The molecule has 0 aliphatic rings. The molecule has 0 radical (unpaired) electrons. The quantitative estimate of drug-likeness (QED) is 0.614. The molecule has 0 aliphatic carbocycles. The van der Waals surface area contributed by atoms with Crippen LogP contribution in [0.4, 0.5) is 5.69 Å². The second-order valence-corrected chi connectivity index (χ2v) is 5.17. The van der Waals surface area contributed by atoms with Gasteiger partial charge in [-0.05, 0) is 25.2 Å². The molecule has 1 aromatic rings. The first-order chi connectivity index (χ1) is 9.90. The van der Waals surface area contributed by atoms with Gasteiger partial charge in [-0.25, -0.2) is 0 Å². The summed E-state index contributed by atoms with van der Waals surface area (Å²) in [4.78, 5) is 24.5. The smallest absolute Gasteiger partial charge is 0.300 e. The number of halogens is 2. The Kier molecular flexibility index (Phi) is 6.87. The van der Waals surface area contributed by atoms with Crippen LogP contribution in [0, 0.1) is 10.1 Å². The Labute approximate surface area is 133 Å². The fourth-order valence-corrected chi connectivity index (χ4v) is 2.45. The van der Waals surface area contributed by atoms with Crippen LogP contribution in [-0.2, 0) is 0 Å². The van der Waals surface area contributed by atoms with Crippen LogP contribution in [0.25, 0.3) is 0 Å². The predicted molar refractivity (Wildman–Crippen MR) is 83.2 cm³/mol. The Hall–Kier alpha value is -1.37. The molecule has 0 fully saturated rings. The van der Waals surface area contributed by atoms with E-state index in [1.165, 1.54) is 12.1 Å². The maximum Gasteiger partial charge on any atom is 0.300 e. The molecule has 0 unspecified atom stereocenters. The highest BCUT2D eigenvalue weighted by atomic mass is 35.5. The van der Waals surface area contributed by atoms with Crippen molar-refractivity contribution in [3.8, 4) is 0 Å². The van der Waals surface area contributed by atoms with E-state index in [-0.39, 0.29) is 15.6 Å². The third-order valence-electron chi connectivity index (χ3n) is 3.06. The second kappa shape index (κ2) is 8.17. The van der Waals surface area contributed by atoms with Crippen molar-refractivity contribution < 1.29 is 9.72 Å². The van der Waals surface area contributed by atoms with Gasteiger partial charge in [0.2, 0.25) is 0 Å². The van der Waals surface area contributed by atoms with Crippen LogP contribution in [0.3, 0.4) is 0 Å². The Bertz CT molecular complexity index is 534. The molecule has 6 nitrogen and oxygen atoms in total. The Morgan fingerprint density at radius 2 is 1.95 bits per heavy atom. The molecule has 0 bridgehead atoms. The van der Waals surface area contributed by atoms with Gasteiger partial charge in [0.15, 0.2) is 0 Å². The average Bonchev–Trinajstić information content (AvgIpc) is 2.41. The van der Waals surface area contributed by atoms with E-state index in [4.69, 9.17) is 23.2 Å². The molecule has 0 spiro atoms. The van der Waals surface area contributed by atoms with E-state index < -0.39 is 16.5 Å². The molecule has 1 N–H and O–H groups in total. The summed E-state index contributed by atoms with van der Waals surface area (Å²) in [5.41, 5.74) is -0.557. The van der Waals surface area contributed by atoms with E-state index in [0.29, 0.717) is 13.1 Å². The number of likely N-dealkylation sites (N-methyl/N-ethyl adjacent to an activating group) is 1. The van der Waals surface area contributed by atoms with Gasteiger partial charge in [-0.3, -0.25) is 14.9 Å². The van der Waals surface area contributed by atoms with Gasteiger partial charge in [0.05, 0.1) is 4.92 Å². The van der Waals surface area contributed by atoms with Gasteiger partial charge in [0.1, 0.15) is 10.6 Å². The molecule has 0 saturated carbocycles. The number of hydrogen-bond donors (Lipinski definition) is 1. The number of nitrogens with one attached hydrogen (secondary N) is 1. The van der Waals surface area contributed by atoms with Crippen molar-refractivity contribution in [3.63, 3.8) is 0 Å². The topological polar surface area (TPSA) is 75.5 Å². The van der Waals surface area contributed by atoms with Gasteiger partial charge >= 0.3 is 5.69 Å². The predicted octanol–water partition coefficient (Wildman–Crippen LogP) is 2.97. The minimum absolute atomic E-state index is 0.128. The van der Waals surface area contributed by atoms with Crippen molar-refractivity contribution >= 4 is 34.8 Å². The molecule has 0 atom stereocenters. The van der Waals surface area contributed by atoms with E-state index in [9.17, 15) is 14.9 Å². The molecular weight excluding hydrogens is 317 g/mol. The number of nitro groups is 1. The van der Waals surface area contributed by atoms with Crippen molar-refractivity contribution in [2.24, 2.45) is 0 Å². The summed E-state index contributed by atoms with van der Waals surface area (Å²) in [6.45, 7) is 6.84. The lowest BCUT2D eigenvalue weighted by Crippen LogP contribution is -2.35. The third-order valence-corrected chi connectivity index (χ3v) is 3.57. The molecule has 21 heavy (non-hydrogen) atoms.